The Kier molecular flexibility index (Phi) is 3.32. The first-order chi connectivity index (χ1) is 7.79. The number of nitriles is 1. The van der Waals surface area contributed by atoms with Crippen molar-refractivity contribution < 1.29 is 4.42 Å². The first-order valence-corrected chi connectivity index (χ1v) is 5.94. The third-order valence-corrected chi connectivity index (χ3v) is 2.96. The van der Waals surface area contributed by atoms with Crippen LogP contribution in [0.2, 0.25) is 0 Å². The number of hydrogen-bond acceptors (Lipinski definition) is 5. The lowest BCUT2D eigenvalue weighted by Gasteiger charge is -1.91. The Morgan fingerprint density at radius 2 is 2.38 bits per heavy atom. The maximum Gasteiger partial charge on any atom is 0.256 e. The Labute approximate surface area is 97.4 Å². The van der Waals surface area contributed by atoms with Gasteiger partial charge in [-0.15, -0.1) is 0 Å². The summed E-state index contributed by atoms with van der Waals surface area (Å²) in [6.45, 7) is 0. The highest BCUT2D eigenvalue weighted by molar-refractivity contribution is 7.99. The highest BCUT2D eigenvalue weighted by atomic mass is 32.2. The summed E-state index contributed by atoms with van der Waals surface area (Å²) in [5, 5.41) is 9.03. The minimum Gasteiger partial charge on any atom is -0.431 e. The zero-order valence-corrected chi connectivity index (χ0v) is 9.46. The van der Waals surface area contributed by atoms with Gasteiger partial charge in [-0.3, -0.25) is 0 Å². The third kappa shape index (κ3) is 2.47. The molecular formula is C11H11N3OS. The molecule has 2 rings (SSSR count). The summed E-state index contributed by atoms with van der Waals surface area (Å²) in [6.07, 6.45) is 1.42. The predicted molar refractivity (Wildman–Crippen MR) is 64.0 cm³/mol. The lowest BCUT2D eigenvalue weighted by molar-refractivity contribution is 0.489. The van der Waals surface area contributed by atoms with Gasteiger partial charge in [0, 0.05) is 17.9 Å². The molecule has 0 aliphatic carbocycles. The Morgan fingerprint density at radius 3 is 3.19 bits per heavy atom. The van der Waals surface area contributed by atoms with Crippen LogP contribution < -0.4 is 5.73 Å². The molecule has 0 saturated heterocycles. The summed E-state index contributed by atoms with van der Waals surface area (Å²) >= 11 is 1.52. The van der Waals surface area contributed by atoms with Crippen molar-refractivity contribution in [2.24, 2.45) is 0 Å². The molecule has 2 aromatic rings. The number of oxazole rings is 1. The van der Waals surface area contributed by atoms with Crippen LogP contribution in [0.5, 0.6) is 0 Å². The number of thioether (sulfide) groups is 1. The number of aromatic nitrogens is 1. The molecule has 0 radical (unpaired) electrons. The lowest BCUT2D eigenvalue weighted by atomic mass is 10.3. The Balaban J connectivity index is 2.06. The summed E-state index contributed by atoms with van der Waals surface area (Å²) in [6, 6.07) is 7.50. The van der Waals surface area contributed by atoms with Crippen LogP contribution in [-0.2, 0) is 0 Å². The highest BCUT2D eigenvalue weighted by Gasteiger charge is 2.05. The van der Waals surface area contributed by atoms with Gasteiger partial charge in [-0.1, -0.05) is 11.8 Å². The molecule has 0 amide bonds. The molecule has 0 bridgehead atoms. The Bertz CT molecular complexity index is 529. The normalized spacial score (nSPS) is 10.4. The van der Waals surface area contributed by atoms with Gasteiger partial charge in [0.05, 0.1) is 6.07 Å². The van der Waals surface area contributed by atoms with Gasteiger partial charge < -0.3 is 10.2 Å². The van der Waals surface area contributed by atoms with Crippen molar-refractivity contribution >= 4 is 28.5 Å². The van der Waals surface area contributed by atoms with E-state index >= 15 is 0 Å². The van der Waals surface area contributed by atoms with Crippen molar-refractivity contribution in [1.82, 2.24) is 4.98 Å². The van der Waals surface area contributed by atoms with Crippen LogP contribution in [-0.4, -0.2) is 10.7 Å². The van der Waals surface area contributed by atoms with Gasteiger partial charge in [0.15, 0.2) is 5.58 Å². The van der Waals surface area contributed by atoms with E-state index in [0.717, 1.165) is 23.3 Å². The molecule has 2 N–H and O–H groups in total. The fourth-order valence-electron chi connectivity index (χ4n) is 1.30. The van der Waals surface area contributed by atoms with Gasteiger partial charge in [-0.2, -0.15) is 5.26 Å². The standard InChI is InChI=1S/C11H11N3OS/c12-5-1-2-6-16-11-14-9-7-8(13)3-4-10(9)15-11/h3-4,7H,1-2,6,13H2. The van der Waals surface area contributed by atoms with E-state index in [1.165, 1.54) is 11.8 Å². The first-order valence-electron chi connectivity index (χ1n) is 4.95. The quantitative estimate of drug-likeness (QED) is 0.499. The number of nitrogens with zero attached hydrogens (tertiary/aromatic N) is 2. The van der Waals surface area contributed by atoms with E-state index in [4.69, 9.17) is 15.4 Å². The van der Waals surface area contributed by atoms with Gasteiger partial charge in [-0.05, 0) is 24.6 Å². The van der Waals surface area contributed by atoms with E-state index < -0.39 is 0 Å². The SMILES string of the molecule is N#CCCCSc1nc2cc(N)ccc2o1. The van der Waals surface area contributed by atoms with Gasteiger partial charge in [0.2, 0.25) is 0 Å². The minimum atomic E-state index is 0.570. The van der Waals surface area contributed by atoms with Crippen LogP contribution in [0.3, 0.4) is 0 Å². The summed E-state index contributed by atoms with van der Waals surface area (Å²) in [4.78, 5) is 4.30. The molecule has 0 fully saturated rings. The maximum absolute atomic E-state index is 8.40. The van der Waals surface area contributed by atoms with Gasteiger partial charge in [0.25, 0.3) is 5.22 Å². The van der Waals surface area contributed by atoms with Crippen LogP contribution in [0.25, 0.3) is 11.1 Å². The molecular weight excluding hydrogens is 222 g/mol. The monoisotopic (exact) mass is 233 g/mol. The van der Waals surface area contributed by atoms with Gasteiger partial charge >= 0.3 is 0 Å². The average molecular weight is 233 g/mol. The number of rotatable bonds is 4. The second-order valence-corrected chi connectivity index (χ2v) is 4.36. The molecule has 0 atom stereocenters. The van der Waals surface area contributed by atoms with E-state index in [-0.39, 0.29) is 0 Å². The third-order valence-electron chi connectivity index (χ3n) is 2.05. The molecule has 0 aliphatic rings. The van der Waals surface area contributed by atoms with E-state index in [9.17, 15) is 0 Å². The molecule has 1 aromatic heterocycles. The number of anilines is 1. The van der Waals surface area contributed by atoms with Crippen molar-refractivity contribution in [2.45, 2.75) is 18.1 Å². The molecule has 0 spiro atoms. The van der Waals surface area contributed by atoms with Crippen molar-refractivity contribution in [2.75, 3.05) is 11.5 Å². The summed E-state index contributed by atoms with van der Waals surface area (Å²) in [5.41, 5.74) is 7.86. The lowest BCUT2D eigenvalue weighted by Crippen LogP contribution is -1.82. The van der Waals surface area contributed by atoms with Crippen LogP contribution in [0.15, 0.2) is 27.8 Å². The molecule has 0 aliphatic heterocycles. The topological polar surface area (TPSA) is 75.8 Å². The molecule has 4 nitrogen and oxygen atoms in total. The zero-order valence-electron chi connectivity index (χ0n) is 8.64. The molecule has 0 saturated carbocycles. The largest absolute Gasteiger partial charge is 0.431 e. The molecule has 1 aromatic carbocycles. The molecule has 0 unspecified atom stereocenters. The Hall–Kier alpha value is -1.67. The highest BCUT2D eigenvalue weighted by Crippen LogP contribution is 2.25. The van der Waals surface area contributed by atoms with E-state index in [1.807, 2.05) is 6.07 Å². The van der Waals surface area contributed by atoms with E-state index in [0.29, 0.717) is 17.3 Å². The fourth-order valence-corrected chi connectivity index (χ4v) is 2.07. The molecule has 1 heterocycles. The number of benzene rings is 1. The Morgan fingerprint density at radius 1 is 1.50 bits per heavy atom. The van der Waals surface area contributed by atoms with Crippen molar-refractivity contribution in [3.8, 4) is 6.07 Å². The van der Waals surface area contributed by atoms with Crippen LogP contribution in [0, 0.1) is 11.3 Å². The van der Waals surface area contributed by atoms with Crippen molar-refractivity contribution in [1.29, 1.82) is 5.26 Å². The van der Waals surface area contributed by atoms with Crippen LogP contribution in [0.4, 0.5) is 5.69 Å². The summed E-state index contributed by atoms with van der Waals surface area (Å²) in [5.74, 6) is 0.843. The number of nitrogens with two attached hydrogens (primary N) is 1. The number of hydrogen-bond donors (Lipinski definition) is 1. The van der Waals surface area contributed by atoms with Crippen LogP contribution >= 0.6 is 11.8 Å². The molecule has 82 valence electrons. The van der Waals surface area contributed by atoms with E-state index in [1.54, 1.807) is 12.1 Å². The van der Waals surface area contributed by atoms with Gasteiger partial charge in [0.1, 0.15) is 5.52 Å². The second kappa shape index (κ2) is 4.90. The smallest absolute Gasteiger partial charge is 0.256 e. The second-order valence-electron chi connectivity index (χ2n) is 3.32. The van der Waals surface area contributed by atoms with Crippen molar-refractivity contribution in [3.63, 3.8) is 0 Å². The molecule has 5 heteroatoms. The van der Waals surface area contributed by atoms with Gasteiger partial charge in [-0.25, -0.2) is 4.98 Å². The van der Waals surface area contributed by atoms with Crippen molar-refractivity contribution in [3.05, 3.63) is 18.2 Å². The summed E-state index contributed by atoms with van der Waals surface area (Å²) in [7, 11) is 0. The summed E-state index contributed by atoms with van der Waals surface area (Å²) < 4.78 is 5.52. The zero-order chi connectivity index (χ0) is 11.4. The first kappa shape index (κ1) is 10.8. The number of unbranched alkanes of at least 4 members (excludes halogenated alkanes) is 1. The van der Waals surface area contributed by atoms with E-state index in [2.05, 4.69) is 11.1 Å². The predicted octanol–water partition coefficient (Wildman–Crippen LogP) is 2.81. The fraction of sp³-hybridized carbons (Fsp3) is 0.273. The molecule has 16 heavy (non-hydrogen) atoms. The minimum absolute atomic E-state index is 0.570. The van der Waals surface area contributed by atoms with Crippen LogP contribution in [0.1, 0.15) is 12.8 Å². The number of nitrogen functional groups attached to an aromatic ring is 1. The number of fused-ring (bicyclic) bond motifs is 1. The maximum atomic E-state index is 8.40. The average Bonchev–Trinajstić information content (AvgIpc) is 2.66.